The number of esters is 1. The summed E-state index contributed by atoms with van der Waals surface area (Å²) in [4.78, 5) is 45.5. The first-order valence-electron chi connectivity index (χ1n) is 14.0. The van der Waals surface area contributed by atoms with Gasteiger partial charge in [0.1, 0.15) is 17.6 Å². The zero-order chi connectivity index (χ0) is 27.7. The standard InChI is InChI=1S/C30H42N2O6/c1-6-17-31(24-20(4)13-12-14-21(24)5)27(35)25-30-16-15-29(7-2,38-30)23(28(36)37-8-3)22(30)26(34)32(25)18-10-9-11-19-33/h6,12-14,22-23,25,33H,1,7-11,15-19H2,2-5H3/t22-,23-,25?,29+,30?/m0/s1. The van der Waals surface area contributed by atoms with Crippen LogP contribution in [0.25, 0.3) is 0 Å². The van der Waals surface area contributed by atoms with E-state index in [1.807, 2.05) is 39.0 Å². The van der Waals surface area contributed by atoms with E-state index in [1.54, 1.807) is 22.8 Å². The lowest BCUT2D eigenvalue weighted by Crippen LogP contribution is -2.56. The van der Waals surface area contributed by atoms with Gasteiger partial charge in [-0.25, -0.2) is 0 Å². The summed E-state index contributed by atoms with van der Waals surface area (Å²) in [7, 11) is 0. The number of aryl methyl sites for hydroxylation is 2. The molecular weight excluding hydrogens is 484 g/mol. The maximum absolute atomic E-state index is 14.7. The molecule has 1 N–H and O–H groups in total. The van der Waals surface area contributed by atoms with Crippen molar-refractivity contribution in [1.29, 1.82) is 0 Å². The fourth-order valence-corrected chi connectivity index (χ4v) is 7.20. The van der Waals surface area contributed by atoms with E-state index in [9.17, 15) is 19.5 Å². The molecule has 5 atom stereocenters. The zero-order valence-corrected chi connectivity index (χ0v) is 23.2. The first kappa shape index (κ1) is 28.3. The molecule has 8 nitrogen and oxygen atoms in total. The summed E-state index contributed by atoms with van der Waals surface area (Å²) in [6.07, 6.45) is 5.39. The van der Waals surface area contributed by atoms with E-state index in [2.05, 4.69) is 6.58 Å². The van der Waals surface area contributed by atoms with Gasteiger partial charge in [0.05, 0.1) is 18.1 Å². The van der Waals surface area contributed by atoms with Gasteiger partial charge in [-0.15, -0.1) is 6.58 Å². The predicted octanol–water partition coefficient (Wildman–Crippen LogP) is 3.70. The number of aliphatic hydroxyl groups excluding tert-OH is 1. The smallest absolute Gasteiger partial charge is 0.312 e. The van der Waals surface area contributed by atoms with Crippen molar-refractivity contribution >= 4 is 23.5 Å². The molecule has 1 aromatic rings. The van der Waals surface area contributed by atoms with Crippen molar-refractivity contribution in [2.45, 2.75) is 83.5 Å². The van der Waals surface area contributed by atoms with Crippen LogP contribution >= 0.6 is 0 Å². The number of hydrogen-bond donors (Lipinski definition) is 1. The van der Waals surface area contributed by atoms with Crippen LogP contribution in [-0.4, -0.2) is 71.3 Å². The maximum atomic E-state index is 14.7. The number of anilines is 1. The van der Waals surface area contributed by atoms with Crippen molar-refractivity contribution in [1.82, 2.24) is 4.90 Å². The highest BCUT2D eigenvalue weighted by molar-refractivity contribution is 6.05. The van der Waals surface area contributed by atoms with Crippen LogP contribution in [0, 0.1) is 25.7 Å². The molecule has 1 aromatic carbocycles. The van der Waals surface area contributed by atoms with Crippen molar-refractivity contribution in [2.75, 3.05) is 31.2 Å². The maximum Gasteiger partial charge on any atom is 0.312 e. The predicted molar refractivity (Wildman–Crippen MR) is 145 cm³/mol. The Balaban J connectivity index is 1.81. The Morgan fingerprint density at radius 1 is 1.21 bits per heavy atom. The van der Waals surface area contributed by atoms with Gasteiger partial charge < -0.3 is 24.4 Å². The number of hydrogen-bond acceptors (Lipinski definition) is 6. The van der Waals surface area contributed by atoms with Gasteiger partial charge in [0.2, 0.25) is 5.91 Å². The summed E-state index contributed by atoms with van der Waals surface area (Å²) in [5.41, 5.74) is 0.827. The Morgan fingerprint density at radius 2 is 1.92 bits per heavy atom. The average molecular weight is 527 g/mol. The number of para-hydroxylation sites is 1. The van der Waals surface area contributed by atoms with Crippen molar-refractivity contribution in [3.8, 4) is 0 Å². The van der Waals surface area contributed by atoms with Gasteiger partial charge in [0.15, 0.2) is 0 Å². The highest BCUT2D eigenvalue weighted by Gasteiger charge is 2.79. The number of rotatable bonds is 12. The molecule has 2 unspecified atom stereocenters. The second kappa shape index (κ2) is 11.2. The molecular formula is C30H42N2O6. The minimum Gasteiger partial charge on any atom is -0.466 e. The minimum absolute atomic E-state index is 0.0790. The Morgan fingerprint density at radius 3 is 2.53 bits per heavy atom. The van der Waals surface area contributed by atoms with Crippen LogP contribution in [0.2, 0.25) is 0 Å². The first-order valence-corrected chi connectivity index (χ1v) is 14.0. The van der Waals surface area contributed by atoms with Crippen molar-refractivity contribution in [3.05, 3.63) is 42.0 Å². The summed E-state index contributed by atoms with van der Waals surface area (Å²) in [5.74, 6) is -2.33. The molecule has 3 aliphatic heterocycles. The molecule has 3 saturated heterocycles. The molecule has 1 spiro atoms. The molecule has 38 heavy (non-hydrogen) atoms. The van der Waals surface area contributed by atoms with Crippen LogP contribution < -0.4 is 4.90 Å². The van der Waals surface area contributed by atoms with Crippen LogP contribution in [0.4, 0.5) is 5.69 Å². The number of nitrogens with zero attached hydrogens (tertiary/aromatic N) is 2. The Kier molecular flexibility index (Phi) is 8.33. The van der Waals surface area contributed by atoms with Gasteiger partial charge in [0, 0.05) is 25.4 Å². The fraction of sp³-hybridized carbons (Fsp3) is 0.633. The van der Waals surface area contributed by atoms with Gasteiger partial charge in [-0.3, -0.25) is 14.4 Å². The normalized spacial score (nSPS) is 29.4. The quantitative estimate of drug-likeness (QED) is 0.253. The lowest BCUT2D eigenvalue weighted by atomic mass is 9.65. The van der Waals surface area contributed by atoms with Gasteiger partial charge in [0.25, 0.3) is 5.91 Å². The van der Waals surface area contributed by atoms with Crippen LogP contribution in [0.15, 0.2) is 30.9 Å². The number of fused-ring (bicyclic) bond motifs is 1. The van der Waals surface area contributed by atoms with Crippen molar-refractivity contribution in [3.63, 3.8) is 0 Å². The number of ether oxygens (including phenoxy) is 2. The van der Waals surface area contributed by atoms with Gasteiger partial charge >= 0.3 is 5.97 Å². The topological polar surface area (TPSA) is 96.4 Å². The monoisotopic (exact) mass is 526 g/mol. The average Bonchev–Trinajstić information content (AvgIpc) is 3.49. The Hall–Kier alpha value is -2.71. The number of carbonyl (C=O) groups excluding carboxylic acids is 3. The third kappa shape index (κ3) is 4.35. The third-order valence-corrected chi connectivity index (χ3v) is 8.80. The number of benzene rings is 1. The zero-order valence-electron chi connectivity index (χ0n) is 23.2. The third-order valence-electron chi connectivity index (χ3n) is 8.80. The second-order valence-electron chi connectivity index (χ2n) is 10.9. The van der Waals surface area contributed by atoms with E-state index in [-0.39, 0.29) is 31.6 Å². The number of aliphatic hydroxyl groups is 1. The number of unbranched alkanes of at least 4 members (excludes halogenated alkanes) is 2. The molecule has 2 bridgehead atoms. The molecule has 0 saturated carbocycles. The van der Waals surface area contributed by atoms with Gasteiger partial charge in [-0.05, 0) is 70.4 Å². The summed E-state index contributed by atoms with van der Waals surface area (Å²) in [6, 6.07) is 5.04. The van der Waals surface area contributed by atoms with Crippen LogP contribution in [0.5, 0.6) is 0 Å². The van der Waals surface area contributed by atoms with Crippen LogP contribution in [0.3, 0.4) is 0 Å². The van der Waals surface area contributed by atoms with Crippen molar-refractivity contribution < 1.29 is 29.0 Å². The first-order chi connectivity index (χ1) is 18.2. The minimum atomic E-state index is -1.09. The van der Waals surface area contributed by atoms with E-state index in [0.29, 0.717) is 38.6 Å². The second-order valence-corrected chi connectivity index (χ2v) is 10.9. The molecule has 0 aliphatic carbocycles. The van der Waals surface area contributed by atoms with Crippen LogP contribution in [0.1, 0.15) is 63.5 Å². The molecule has 3 heterocycles. The molecule has 2 amide bonds. The van der Waals surface area contributed by atoms with E-state index in [0.717, 1.165) is 23.2 Å². The molecule has 3 fully saturated rings. The highest BCUT2D eigenvalue weighted by atomic mass is 16.6. The van der Waals surface area contributed by atoms with Crippen LogP contribution in [-0.2, 0) is 23.9 Å². The van der Waals surface area contributed by atoms with E-state index in [4.69, 9.17) is 9.47 Å². The molecule has 208 valence electrons. The Bertz CT molecular complexity index is 1070. The molecule has 0 aromatic heterocycles. The SMILES string of the molecule is C=CCN(C(=O)C1N(CCCCCO)C(=O)[C@@H]2[C@@H](C(=O)OCC)[C@@]3(CC)CCC12O3)c1c(C)cccc1C. The summed E-state index contributed by atoms with van der Waals surface area (Å²) in [6.45, 7) is 12.5. The Labute approximate surface area is 226 Å². The molecule has 4 rings (SSSR count). The van der Waals surface area contributed by atoms with E-state index >= 15 is 0 Å². The molecule has 3 aliphatic rings. The summed E-state index contributed by atoms with van der Waals surface area (Å²) in [5, 5.41) is 9.26. The summed E-state index contributed by atoms with van der Waals surface area (Å²) >= 11 is 0. The largest absolute Gasteiger partial charge is 0.466 e. The number of amides is 2. The fourth-order valence-electron chi connectivity index (χ4n) is 7.20. The lowest BCUT2D eigenvalue weighted by molar-refractivity contribution is -0.160. The van der Waals surface area contributed by atoms with Gasteiger partial charge in [-0.1, -0.05) is 31.2 Å². The summed E-state index contributed by atoms with van der Waals surface area (Å²) < 4.78 is 12.3. The lowest BCUT2D eigenvalue weighted by Gasteiger charge is -2.37. The number of carbonyl (C=O) groups is 3. The highest BCUT2D eigenvalue weighted by Crippen LogP contribution is 2.64. The van der Waals surface area contributed by atoms with Gasteiger partial charge in [-0.2, -0.15) is 0 Å². The molecule has 0 radical (unpaired) electrons. The van der Waals surface area contributed by atoms with E-state index < -0.39 is 35.0 Å². The van der Waals surface area contributed by atoms with Crippen molar-refractivity contribution in [2.24, 2.45) is 11.8 Å². The molecule has 8 heteroatoms. The number of likely N-dealkylation sites (tertiary alicyclic amines) is 1. The van der Waals surface area contributed by atoms with E-state index in [1.165, 1.54) is 0 Å².